The second-order valence-corrected chi connectivity index (χ2v) is 7.85. The maximum absolute atomic E-state index is 4.79. The largest absolute Gasteiger partial charge is 0.302 e. The average molecular weight is 354 g/mol. The summed E-state index contributed by atoms with van der Waals surface area (Å²) in [4.78, 5) is 4.79. The SMILES string of the molecule is Cc1cn2c(n1)Cc1c(-c3cc(C)c(C)c[n+]3C)c(C)c3ccccc3c1-2. The van der Waals surface area contributed by atoms with Gasteiger partial charge in [0, 0.05) is 29.6 Å². The molecule has 134 valence electrons. The first kappa shape index (κ1) is 16.2. The van der Waals surface area contributed by atoms with E-state index in [-0.39, 0.29) is 0 Å². The van der Waals surface area contributed by atoms with Gasteiger partial charge in [-0.25, -0.2) is 9.55 Å². The van der Waals surface area contributed by atoms with Crippen LogP contribution in [0.2, 0.25) is 0 Å². The molecule has 0 N–H and O–H groups in total. The highest BCUT2D eigenvalue weighted by Crippen LogP contribution is 2.42. The second kappa shape index (κ2) is 5.53. The molecule has 5 rings (SSSR count). The lowest BCUT2D eigenvalue weighted by Crippen LogP contribution is -2.32. The minimum atomic E-state index is 0.886. The van der Waals surface area contributed by atoms with Gasteiger partial charge >= 0.3 is 0 Å². The number of hydrogen-bond acceptors (Lipinski definition) is 1. The fraction of sp³-hybridized carbons (Fsp3) is 0.250. The number of hydrogen-bond donors (Lipinski definition) is 0. The summed E-state index contributed by atoms with van der Waals surface area (Å²) in [5.41, 5.74) is 10.4. The summed E-state index contributed by atoms with van der Waals surface area (Å²) in [6, 6.07) is 11.1. The van der Waals surface area contributed by atoms with Crippen LogP contribution in [0.4, 0.5) is 0 Å². The second-order valence-electron chi connectivity index (χ2n) is 7.85. The van der Waals surface area contributed by atoms with Crippen molar-refractivity contribution < 1.29 is 4.57 Å². The highest BCUT2D eigenvalue weighted by atomic mass is 15.1. The smallest absolute Gasteiger partial charge is 0.213 e. The van der Waals surface area contributed by atoms with Crippen molar-refractivity contribution >= 4 is 10.8 Å². The third-order valence-corrected chi connectivity index (χ3v) is 6.02. The molecule has 0 bridgehead atoms. The zero-order valence-electron chi connectivity index (χ0n) is 16.6. The molecule has 1 aliphatic heterocycles. The Balaban J connectivity index is 1.94. The van der Waals surface area contributed by atoms with Crippen LogP contribution in [0.3, 0.4) is 0 Å². The first-order valence-corrected chi connectivity index (χ1v) is 9.52. The van der Waals surface area contributed by atoms with Crippen LogP contribution in [0.15, 0.2) is 42.7 Å². The first-order chi connectivity index (χ1) is 13.0. The van der Waals surface area contributed by atoms with E-state index >= 15 is 0 Å². The van der Waals surface area contributed by atoms with Crippen molar-refractivity contribution in [1.29, 1.82) is 0 Å². The molecule has 4 aromatic rings. The summed E-state index contributed by atoms with van der Waals surface area (Å²) < 4.78 is 4.57. The molecule has 27 heavy (non-hydrogen) atoms. The molecule has 0 aliphatic carbocycles. The minimum absolute atomic E-state index is 0.886. The predicted molar refractivity (Wildman–Crippen MR) is 109 cm³/mol. The van der Waals surface area contributed by atoms with Crippen molar-refractivity contribution in [2.45, 2.75) is 34.1 Å². The summed E-state index contributed by atoms with van der Waals surface area (Å²) in [7, 11) is 2.15. The summed E-state index contributed by atoms with van der Waals surface area (Å²) in [5.74, 6) is 1.14. The van der Waals surface area contributed by atoms with E-state index in [1.165, 1.54) is 50.0 Å². The fourth-order valence-electron chi connectivity index (χ4n) is 4.61. The highest BCUT2D eigenvalue weighted by Gasteiger charge is 2.30. The molecule has 0 spiro atoms. The first-order valence-electron chi connectivity index (χ1n) is 9.52. The third-order valence-electron chi connectivity index (χ3n) is 6.02. The molecule has 3 heteroatoms. The Morgan fingerprint density at radius 1 is 1.00 bits per heavy atom. The molecule has 3 nitrogen and oxygen atoms in total. The lowest BCUT2D eigenvalue weighted by Gasteiger charge is -2.16. The minimum Gasteiger partial charge on any atom is -0.302 e. The number of rotatable bonds is 1. The Labute approximate surface area is 159 Å². The molecule has 0 atom stereocenters. The van der Waals surface area contributed by atoms with Gasteiger partial charge in [0.15, 0.2) is 6.20 Å². The van der Waals surface area contributed by atoms with Crippen LogP contribution in [0.25, 0.3) is 27.7 Å². The van der Waals surface area contributed by atoms with E-state index in [1.807, 2.05) is 0 Å². The number of benzene rings is 2. The van der Waals surface area contributed by atoms with Gasteiger partial charge < -0.3 is 4.57 Å². The normalized spacial score (nSPS) is 12.5. The molecule has 0 saturated carbocycles. The maximum atomic E-state index is 4.79. The van der Waals surface area contributed by atoms with Crippen LogP contribution in [0.5, 0.6) is 0 Å². The molecule has 1 aliphatic rings. The van der Waals surface area contributed by atoms with Gasteiger partial charge in [-0.2, -0.15) is 0 Å². The van der Waals surface area contributed by atoms with Crippen molar-refractivity contribution in [3.05, 3.63) is 76.5 Å². The van der Waals surface area contributed by atoms with E-state index in [0.717, 1.165) is 17.9 Å². The van der Waals surface area contributed by atoms with E-state index in [1.54, 1.807) is 0 Å². The number of pyridine rings is 1. The summed E-state index contributed by atoms with van der Waals surface area (Å²) >= 11 is 0. The van der Waals surface area contributed by atoms with Gasteiger partial charge in [0.25, 0.3) is 0 Å². The molecule has 0 radical (unpaired) electrons. The van der Waals surface area contributed by atoms with E-state index < -0.39 is 0 Å². The quantitative estimate of drug-likeness (QED) is 0.401. The lowest BCUT2D eigenvalue weighted by atomic mass is 9.89. The zero-order chi connectivity index (χ0) is 18.9. The molecule has 0 unspecified atom stereocenters. The van der Waals surface area contributed by atoms with E-state index in [9.17, 15) is 0 Å². The van der Waals surface area contributed by atoms with Crippen molar-refractivity contribution in [3.63, 3.8) is 0 Å². The number of nitrogens with zero attached hydrogens (tertiary/aromatic N) is 3. The molecule has 2 aromatic carbocycles. The third kappa shape index (κ3) is 2.21. The summed E-state index contributed by atoms with van der Waals surface area (Å²) in [5, 5.41) is 2.64. The van der Waals surface area contributed by atoms with Crippen LogP contribution in [0.1, 0.15) is 33.8 Å². The molecule has 3 heterocycles. The van der Waals surface area contributed by atoms with Crippen LogP contribution < -0.4 is 4.57 Å². The monoisotopic (exact) mass is 354 g/mol. The zero-order valence-corrected chi connectivity index (χ0v) is 16.6. The number of imidazole rings is 1. The van der Waals surface area contributed by atoms with Gasteiger partial charge in [-0.3, -0.25) is 0 Å². The molecule has 0 saturated heterocycles. The van der Waals surface area contributed by atoms with Gasteiger partial charge in [0.1, 0.15) is 12.9 Å². The van der Waals surface area contributed by atoms with Gasteiger partial charge in [-0.05, 0) is 49.8 Å². The lowest BCUT2D eigenvalue weighted by molar-refractivity contribution is -0.660. The Kier molecular flexibility index (Phi) is 3.33. The van der Waals surface area contributed by atoms with Gasteiger partial charge in [-0.15, -0.1) is 0 Å². The van der Waals surface area contributed by atoms with Gasteiger partial charge in [0.05, 0.1) is 16.9 Å². The Hall–Kier alpha value is -2.94. The molecular weight excluding hydrogens is 330 g/mol. The topological polar surface area (TPSA) is 21.7 Å². The molecular formula is C24H24N3+. The Morgan fingerprint density at radius 3 is 2.52 bits per heavy atom. The summed E-state index contributed by atoms with van der Waals surface area (Å²) in [6.45, 7) is 8.71. The standard InChI is InChI=1S/C24H24N3/c1-14-10-21(26(5)12-15(14)2)23-17(4)18-8-6-7-9-19(18)24-20(23)11-22-25-16(3)13-27(22)24/h6-10,12-13H,11H2,1-5H3/q+1. The van der Waals surface area contributed by atoms with E-state index in [4.69, 9.17) is 4.98 Å². The van der Waals surface area contributed by atoms with Crippen LogP contribution in [0, 0.1) is 27.7 Å². The van der Waals surface area contributed by atoms with Crippen LogP contribution in [-0.2, 0) is 13.5 Å². The van der Waals surface area contributed by atoms with Crippen molar-refractivity contribution in [3.8, 4) is 16.9 Å². The molecule has 0 amide bonds. The molecule has 2 aromatic heterocycles. The Bertz CT molecular complexity index is 1240. The number of fused-ring (bicyclic) bond motifs is 5. The highest BCUT2D eigenvalue weighted by molar-refractivity contribution is 6.00. The molecule has 0 fully saturated rings. The average Bonchev–Trinajstić information content (AvgIpc) is 3.15. The number of aromatic nitrogens is 3. The number of aryl methyl sites for hydroxylation is 5. The maximum Gasteiger partial charge on any atom is 0.213 e. The summed E-state index contributed by atoms with van der Waals surface area (Å²) in [6.07, 6.45) is 5.30. The van der Waals surface area contributed by atoms with Gasteiger partial charge in [-0.1, -0.05) is 24.3 Å². The van der Waals surface area contributed by atoms with Crippen molar-refractivity contribution in [2.24, 2.45) is 7.05 Å². The van der Waals surface area contributed by atoms with Gasteiger partial charge in [0.2, 0.25) is 5.69 Å². The fourth-order valence-corrected chi connectivity index (χ4v) is 4.61. The van der Waals surface area contributed by atoms with Crippen molar-refractivity contribution in [1.82, 2.24) is 9.55 Å². The predicted octanol–water partition coefficient (Wildman–Crippen LogP) is 4.65. The van der Waals surface area contributed by atoms with Crippen molar-refractivity contribution in [2.75, 3.05) is 0 Å². The van der Waals surface area contributed by atoms with E-state index in [2.05, 4.69) is 86.6 Å². The van der Waals surface area contributed by atoms with Crippen LogP contribution in [-0.4, -0.2) is 9.55 Å². The Morgan fingerprint density at radius 2 is 1.74 bits per heavy atom. The van der Waals surface area contributed by atoms with E-state index in [0.29, 0.717) is 0 Å². The van der Waals surface area contributed by atoms with Crippen LogP contribution >= 0.6 is 0 Å².